The number of allylic oxidation sites excluding steroid dienone is 1. The number of halogens is 4. The lowest BCUT2D eigenvalue weighted by Gasteiger charge is -2.50. The number of hydrogen-bond acceptors (Lipinski definition) is 7. The number of alkyl halides is 4. The smallest absolute Gasteiger partial charge is 0.358 e. The molecule has 1 rings (SSSR count). The molecule has 25 heavy (non-hydrogen) atoms. The number of nitrogens with zero attached hydrogens (tertiary/aromatic N) is 1. The lowest BCUT2D eigenvalue weighted by atomic mass is 10.1. The molecule has 2 N–H and O–H groups in total. The second-order valence-electron chi connectivity index (χ2n) is 4.71. The highest BCUT2D eigenvalue weighted by Gasteiger charge is 2.56. The van der Waals surface area contributed by atoms with Gasteiger partial charge in [0.15, 0.2) is 16.3 Å². The van der Waals surface area contributed by atoms with E-state index in [-0.39, 0.29) is 11.8 Å². The first kappa shape index (κ1) is 22.4. The summed E-state index contributed by atoms with van der Waals surface area (Å²) < 4.78 is 2.89. The van der Waals surface area contributed by atoms with Gasteiger partial charge in [-0.1, -0.05) is 50.7 Å². The van der Waals surface area contributed by atoms with Gasteiger partial charge in [-0.2, -0.15) is 0 Å². The molecule has 0 aliphatic carbocycles. The van der Waals surface area contributed by atoms with E-state index in [0.717, 1.165) is 4.90 Å². The van der Waals surface area contributed by atoms with Crippen molar-refractivity contribution < 1.29 is 29.0 Å². The first-order valence-electron chi connectivity index (χ1n) is 6.42. The fraction of sp³-hybridized carbons (Fsp3) is 0.500. The van der Waals surface area contributed by atoms with Crippen LogP contribution in [0.1, 0.15) is 13.3 Å². The third kappa shape index (κ3) is 5.65. The van der Waals surface area contributed by atoms with Gasteiger partial charge in [-0.15, -0.1) is 0 Å². The molecule has 1 aliphatic heterocycles. The average Bonchev–Trinajstić information content (AvgIpc) is 2.48. The molecular weight excluding hydrogens is 486 g/mol. The number of aliphatic hydroxyl groups excluding tert-OH is 1. The van der Waals surface area contributed by atoms with Crippen molar-refractivity contribution in [2.45, 2.75) is 22.1 Å². The van der Waals surface area contributed by atoms with E-state index >= 15 is 0 Å². The number of ether oxygens (including phenoxy) is 1. The monoisotopic (exact) mass is 496 g/mol. The summed E-state index contributed by atoms with van der Waals surface area (Å²) in [5.74, 6) is -2.92. The van der Waals surface area contributed by atoms with Gasteiger partial charge in [0.1, 0.15) is 12.4 Å². The van der Waals surface area contributed by atoms with Crippen LogP contribution in [0, 0.1) is 0 Å². The molecule has 0 aromatic heterocycles. The maximum absolute atomic E-state index is 12.3. The number of thioether (sulfide) groups is 1. The Morgan fingerprint density at radius 3 is 2.52 bits per heavy atom. The largest absolute Gasteiger partial charge is 0.509 e. The predicted octanol–water partition coefficient (Wildman–Crippen LogP) is 2.01. The zero-order valence-electron chi connectivity index (χ0n) is 12.6. The van der Waals surface area contributed by atoms with Crippen molar-refractivity contribution >= 4 is 85.9 Å². The first-order valence-corrected chi connectivity index (χ1v) is 9.56. The van der Waals surface area contributed by atoms with Gasteiger partial charge >= 0.3 is 5.97 Å². The molecule has 0 radical (unpaired) electrons. The Morgan fingerprint density at radius 2 is 2.12 bits per heavy atom. The molecule has 8 nitrogen and oxygen atoms in total. The third-order valence-corrected chi connectivity index (χ3v) is 4.57. The molecule has 13 heteroatoms. The van der Waals surface area contributed by atoms with Crippen molar-refractivity contribution in [3.05, 3.63) is 11.5 Å². The Kier molecular flexibility index (Phi) is 7.88. The second-order valence-corrected chi connectivity index (χ2v) is 8.89. The molecule has 0 aromatic rings. The van der Waals surface area contributed by atoms with Gasteiger partial charge in [0.25, 0.3) is 0 Å². The lowest BCUT2D eigenvalue weighted by molar-refractivity contribution is -0.156. The van der Waals surface area contributed by atoms with Crippen LogP contribution in [-0.2, 0) is 23.9 Å². The van der Waals surface area contributed by atoms with Crippen LogP contribution in [-0.4, -0.2) is 54.1 Å². The van der Waals surface area contributed by atoms with Crippen LogP contribution in [0.2, 0.25) is 0 Å². The fourth-order valence-corrected chi connectivity index (χ4v) is 3.27. The Labute approximate surface area is 170 Å². The van der Waals surface area contributed by atoms with Gasteiger partial charge in [0, 0.05) is 6.92 Å². The summed E-state index contributed by atoms with van der Waals surface area (Å²) in [6, 6.07) is 0. The van der Waals surface area contributed by atoms with Crippen LogP contribution in [0.4, 0.5) is 0 Å². The lowest BCUT2D eigenvalue weighted by Crippen LogP contribution is -2.70. The van der Waals surface area contributed by atoms with E-state index in [0.29, 0.717) is 17.4 Å². The molecule has 0 aromatic carbocycles. The van der Waals surface area contributed by atoms with Crippen LogP contribution >= 0.6 is 62.5 Å². The van der Waals surface area contributed by atoms with Gasteiger partial charge in [0.05, 0.1) is 11.8 Å². The standard InChI is InChI=1S/C12H12BrCl3N2O6S/c1-6(20)17-12(25-5-19)2-8(22)18(12)9(7(21)3-13)10(23)24-4-11(14,15)16/h5,21H,2-4H2,1H3,(H,17,20). The molecule has 1 atom stereocenters. The van der Waals surface area contributed by atoms with E-state index in [1.165, 1.54) is 6.92 Å². The zero-order chi connectivity index (χ0) is 19.4. The minimum absolute atomic E-state index is 0.211. The van der Waals surface area contributed by atoms with E-state index in [9.17, 15) is 24.3 Å². The molecule has 1 fully saturated rings. The average molecular weight is 499 g/mol. The molecular formula is C12H12BrCl3N2O6S. The molecule has 1 saturated heterocycles. The van der Waals surface area contributed by atoms with Crippen molar-refractivity contribution in [2.24, 2.45) is 0 Å². The number of rotatable bonds is 7. The van der Waals surface area contributed by atoms with Crippen molar-refractivity contribution in [1.29, 1.82) is 0 Å². The Hall–Kier alpha value is -0.680. The maximum Gasteiger partial charge on any atom is 0.358 e. The summed E-state index contributed by atoms with van der Waals surface area (Å²) >= 11 is 20.0. The van der Waals surface area contributed by atoms with Gasteiger partial charge in [-0.05, 0) is 11.8 Å². The Bertz CT molecular complexity index is 622. The minimum Gasteiger partial charge on any atom is -0.509 e. The van der Waals surface area contributed by atoms with Crippen molar-refractivity contribution in [3.8, 4) is 0 Å². The third-order valence-electron chi connectivity index (χ3n) is 2.80. The highest BCUT2D eigenvalue weighted by atomic mass is 79.9. The number of carbonyl (C=O) groups is 4. The Balaban J connectivity index is 3.24. The number of aliphatic hydroxyl groups is 1. The highest BCUT2D eigenvalue weighted by molar-refractivity contribution is 9.09. The molecule has 0 bridgehead atoms. The summed E-state index contributed by atoms with van der Waals surface area (Å²) in [7, 11) is 0. The molecule has 140 valence electrons. The second kappa shape index (κ2) is 8.81. The van der Waals surface area contributed by atoms with Crippen molar-refractivity contribution in [1.82, 2.24) is 10.2 Å². The van der Waals surface area contributed by atoms with Crippen LogP contribution in [0.3, 0.4) is 0 Å². The number of carbonyl (C=O) groups excluding carboxylic acids is 4. The molecule has 0 spiro atoms. The topological polar surface area (TPSA) is 113 Å². The van der Waals surface area contributed by atoms with E-state index < -0.39 is 44.6 Å². The molecule has 0 saturated carbocycles. The summed E-state index contributed by atoms with van der Waals surface area (Å²) in [6.07, 6.45) is -0.271. The maximum atomic E-state index is 12.3. The predicted molar refractivity (Wildman–Crippen MR) is 97.1 cm³/mol. The SMILES string of the molecule is CC(=O)NC1(SC=O)CC(=O)N1C(C(=O)OCC(Cl)(Cl)Cl)=C(O)CBr. The van der Waals surface area contributed by atoms with E-state index in [1.54, 1.807) is 0 Å². The van der Waals surface area contributed by atoms with Crippen LogP contribution < -0.4 is 5.32 Å². The number of esters is 1. The van der Waals surface area contributed by atoms with Crippen molar-refractivity contribution in [3.63, 3.8) is 0 Å². The highest BCUT2D eigenvalue weighted by Crippen LogP contribution is 2.42. The number of nitrogens with one attached hydrogen (secondary N) is 1. The van der Waals surface area contributed by atoms with E-state index in [4.69, 9.17) is 39.5 Å². The normalized spacial score (nSPS) is 21.2. The van der Waals surface area contributed by atoms with Crippen molar-refractivity contribution in [2.75, 3.05) is 11.9 Å². The van der Waals surface area contributed by atoms with Crippen LogP contribution in [0.5, 0.6) is 0 Å². The van der Waals surface area contributed by atoms with Gasteiger partial charge < -0.3 is 15.2 Å². The molecule has 2 amide bonds. The quantitative estimate of drug-likeness (QED) is 0.105. The Morgan fingerprint density at radius 1 is 1.52 bits per heavy atom. The van der Waals surface area contributed by atoms with E-state index in [2.05, 4.69) is 21.2 Å². The molecule has 1 unspecified atom stereocenters. The number of hydrogen-bond donors (Lipinski definition) is 2. The summed E-state index contributed by atoms with van der Waals surface area (Å²) in [4.78, 5) is 46.0. The minimum atomic E-state index is -1.91. The summed E-state index contributed by atoms with van der Waals surface area (Å²) in [5.41, 5.74) is -0.185. The number of amides is 2. The molecule has 1 heterocycles. The number of likely N-dealkylation sites (tertiary alicyclic amines) is 1. The summed E-state index contributed by atoms with van der Waals surface area (Å²) in [6.45, 7) is 0.522. The fourth-order valence-electron chi connectivity index (χ4n) is 1.97. The number of β-lactam (4-membered cyclic amide) rings is 1. The van der Waals surface area contributed by atoms with E-state index in [1.807, 2.05) is 0 Å². The van der Waals surface area contributed by atoms with Gasteiger partial charge in [-0.3, -0.25) is 19.3 Å². The first-order chi connectivity index (χ1) is 11.5. The zero-order valence-corrected chi connectivity index (χ0v) is 17.2. The molecule has 1 aliphatic rings. The van der Waals surface area contributed by atoms with Gasteiger partial charge in [-0.25, -0.2) is 4.79 Å². The van der Waals surface area contributed by atoms with Gasteiger partial charge in [0.2, 0.25) is 15.6 Å². The van der Waals surface area contributed by atoms with Crippen LogP contribution in [0.15, 0.2) is 11.5 Å². The van der Waals surface area contributed by atoms with Crippen LogP contribution in [0.25, 0.3) is 0 Å². The summed E-state index contributed by atoms with van der Waals surface area (Å²) in [5, 5.41) is 12.2.